The largest absolute Gasteiger partial charge is 0.493 e. The van der Waals surface area contributed by atoms with Gasteiger partial charge in [0.05, 0.1) is 7.11 Å². The molecule has 3 aromatic rings. The van der Waals surface area contributed by atoms with Crippen molar-refractivity contribution in [1.29, 1.82) is 0 Å². The molecule has 3 rings (SSSR count). The maximum atomic E-state index is 5.29. The van der Waals surface area contributed by atoms with E-state index in [2.05, 4.69) is 15.3 Å². The Labute approximate surface area is 111 Å². The van der Waals surface area contributed by atoms with Crippen molar-refractivity contribution >= 4 is 22.3 Å². The van der Waals surface area contributed by atoms with E-state index in [1.807, 2.05) is 42.6 Å². The normalized spacial score (nSPS) is 10.4. The molecule has 2 heterocycles. The molecule has 4 nitrogen and oxygen atoms in total. The van der Waals surface area contributed by atoms with E-state index in [-0.39, 0.29) is 0 Å². The standard InChI is InChI=1S/C15H13N3O/c1-19-14-6-3-8-17-15(14)18-13-5-2-4-11-10-16-9-7-12(11)13/h2-10H,1H3,(H,17,18). The van der Waals surface area contributed by atoms with Crippen molar-refractivity contribution in [2.75, 3.05) is 12.4 Å². The van der Waals surface area contributed by atoms with Gasteiger partial charge in [0.1, 0.15) is 0 Å². The van der Waals surface area contributed by atoms with Crippen molar-refractivity contribution in [3.8, 4) is 5.75 Å². The number of anilines is 2. The Morgan fingerprint density at radius 1 is 1.05 bits per heavy atom. The highest BCUT2D eigenvalue weighted by Crippen LogP contribution is 2.29. The van der Waals surface area contributed by atoms with Crippen LogP contribution in [-0.2, 0) is 0 Å². The third-order valence-electron chi connectivity index (χ3n) is 2.92. The minimum Gasteiger partial charge on any atom is -0.493 e. The van der Waals surface area contributed by atoms with Gasteiger partial charge in [0.25, 0.3) is 0 Å². The Hall–Kier alpha value is -2.62. The minimum atomic E-state index is 0.703. The number of nitrogens with zero attached hydrogens (tertiary/aromatic N) is 2. The van der Waals surface area contributed by atoms with Crippen LogP contribution in [0.1, 0.15) is 0 Å². The van der Waals surface area contributed by atoms with Crippen LogP contribution in [0.3, 0.4) is 0 Å². The van der Waals surface area contributed by atoms with Gasteiger partial charge in [-0.1, -0.05) is 12.1 Å². The van der Waals surface area contributed by atoms with Crippen molar-refractivity contribution in [1.82, 2.24) is 9.97 Å². The Balaban J connectivity index is 2.06. The third-order valence-corrected chi connectivity index (χ3v) is 2.92. The molecule has 0 aliphatic rings. The summed E-state index contributed by atoms with van der Waals surface area (Å²) in [6.07, 6.45) is 5.36. The van der Waals surface area contributed by atoms with Gasteiger partial charge in [-0.05, 0) is 24.3 Å². The summed E-state index contributed by atoms with van der Waals surface area (Å²) in [5.41, 5.74) is 0.983. The van der Waals surface area contributed by atoms with E-state index in [9.17, 15) is 0 Å². The number of benzene rings is 1. The Kier molecular flexibility index (Phi) is 2.98. The lowest BCUT2D eigenvalue weighted by atomic mass is 10.1. The smallest absolute Gasteiger partial charge is 0.173 e. The third kappa shape index (κ3) is 2.20. The van der Waals surface area contributed by atoms with Crippen LogP contribution in [0.4, 0.5) is 11.5 Å². The van der Waals surface area contributed by atoms with E-state index in [0.29, 0.717) is 11.6 Å². The molecular weight excluding hydrogens is 238 g/mol. The number of aromatic nitrogens is 2. The van der Waals surface area contributed by atoms with Crippen LogP contribution in [0, 0.1) is 0 Å². The Bertz CT molecular complexity index is 707. The van der Waals surface area contributed by atoms with Gasteiger partial charge in [0, 0.05) is 35.1 Å². The molecule has 2 aromatic heterocycles. The summed E-state index contributed by atoms with van der Waals surface area (Å²) in [5.74, 6) is 1.42. The van der Waals surface area contributed by atoms with Gasteiger partial charge >= 0.3 is 0 Å². The van der Waals surface area contributed by atoms with Crippen molar-refractivity contribution in [3.63, 3.8) is 0 Å². The van der Waals surface area contributed by atoms with Crippen LogP contribution >= 0.6 is 0 Å². The minimum absolute atomic E-state index is 0.703. The van der Waals surface area contributed by atoms with Crippen molar-refractivity contribution in [2.45, 2.75) is 0 Å². The quantitative estimate of drug-likeness (QED) is 0.775. The monoisotopic (exact) mass is 251 g/mol. The summed E-state index contributed by atoms with van der Waals surface area (Å²) < 4.78 is 5.29. The molecule has 1 N–H and O–H groups in total. The summed E-state index contributed by atoms with van der Waals surface area (Å²) in [6, 6.07) is 11.7. The number of fused-ring (bicyclic) bond motifs is 1. The lowest BCUT2D eigenvalue weighted by Gasteiger charge is -2.11. The molecule has 0 saturated carbocycles. The Morgan fingerprint density at radius 2 is 2.00 bits per heavy atom. The molecule has 0 bridgehead atoms. The molecule has 0 atom stereocenters. The summed E-state index contributed by atoms with van der Waals surface area (Å²) >= 11 is 0. The number of methoxy groups -OCH3 is 1. The van der Waals surface area contributed by atoms with Gasteiger partial charge in [0.15, 0.2) is 11.6 Å². The molecular formula is C15H13N3O. The van der Waals surface area contributed by atoms with Crippen LogP contribution in [-0.4, -0.2) is 17.1 Å². The van der Waals surface area contributed by atoms with Crippen molar-refractivity contribution < 1.29 is 4.74 Å². The lowest BCUT2D eigenvalue weighted by molar-refractivity contribution is 0.415. The number of hydrogen-bond donors (Lipinski definition) is 1. The maximum Gasteiger partial charge on any atom is 0.173 e. The molecule has 0 spiro atoms. The van der Waals surface area contributed by atoms with Gasteiger partial charge in [-0.25, -0.2) is 4.98 Å². The second-order valence-electron chi connectivity index (χ2n) is 4.08. The second kappa shape index (κ2) is 4.94. The van der Waals surface area contributed by atoms with Crippen molar-refractivity contribution in [2.24, 2.45) is 0 Å². The van der Waals surface area contributed by atoms with Gasteiger partial charge in [-0.3, -0.25) is 4.98 Å². The van der Waals surface area contributed by atoms with Crippen molar-refractivity contribution in [3.05, 3.63) is 55.0 Å². The average molecular weight is 251 g/mol. The molecule has 0 fully saturated rings. The zero-order valence-corrected chi connectivity index (χ0v) is 10.5. The van der Waals surface area contributed by atoms with Gasteiger partial charge in [-0.2, -0.15) is 0 Å². The van der Waals surface area contributed by atoms with Gasteiger partial charge in [0.2, 0.25) is 0 Å². The number of rotatable bonds is 3. The molecule has 0 saturated heterocycles. The Morgan fingerprint density at radius 3 is 2.89 bits per heavy atom. The van der Waals surface area contributed by atoms with Gasteiger partial charge in [-0.15, -0.1) is 0 Å². The zero-order valence-electron chi connectivity index (χ0n) is 10.5. The first kappa shape index (κ1) is 11.5. The molecule has 4 heteroatoms. The fourth-order valence-electron chi connectivity index (χ4n) is 2.01. The molecule has 94 valence electrons. The summed E-state index contributed by atoms with van der Waals surface area (Å²) in [4.78, 5) is 8.43. The first-order valence-electron chi connectivity index (χ1n) is 5.97. The number of hydrogen-bond acceptors (Lipinski definition) is 4. The molecule has 0 radical (unpaired) electrons. The van der Waals surface area contributed by atoms with Crippen LogP contribution in [0.15, 0.2) is 55.0 Å². The predicted molar refractivity (Wildman–Crippen MR) is 75.8 cm³/mol. The highest BCUT2D eigenvalue weighted by Gasteiger charge is 2.06. The molecule has 0 aliphatic heterocycles. The summed E-state index contributed by atoms with van der Waals surface area (Å²) in [6.45, 7) is 0. The van der Waals surface area contributed by atoms with Crippen LogP contribution in [0.5, 0.6) is 5.75 Å². The van der Waals surface area contributed by atoms with Crippen LogP contribution in [0.2, 0.25) is 0 Å². The highest BCUT2D eigenvalue weighted by molar-refractivity contribution is 5.94. The fourth-order valence-corrected chi connectivity index (χ4v) is 2.01. The zero-order chi connectivity index (χ0) is 13.1. The van der Waals surface area contributed by atoms with E-state index in [1.165, 1.54) is 0 Å². The summed E-state index contributed by atoms with van der Waals surface area (Å²) in [7, 11) is 1.63. The lowest BCUT2D eigenvalue weighted by Crippen LogP contribution is -1.97. The second-order valence-corrected chi connectivity index (χ2v) is 4.08. The molecule has 0 amide bonds. The molecule has 0 aliphatic carbocycles. The fraction of sp³-hybridized carbons (Fsp3) is 0.0667. The van der Waals surface area contributed by atoms with E-state index in [1.54, 1.807) is 19.5 Å². The van der Waals surface area contributed by atoms with E-state index in [4.69, 9.17) is 4.74 Å². The first-order valence-corrected chi connectivity index (χ1v) is 5.97. The highest BCUT2D eigenvalue weighted by atomic mass is 16.5. The maximum absolute atomic E-state index is 5.29. The molecule has 19 heavy (non-hydrogen) atoms. The molecule has 1 aromatic carbocycles. The van der Waals surface area contributed by atoms with Gasteiger partial charge < -0.3 is 10.1 Å². The first-order chi connectivity index (χ1) is 9.38. The topological polar surface area (TPSA) is 47.0 Å². The van der Waals surface area contributed by atoms with Crippen LogP contribution in [0.25, 0.3) is 10.8 Å². The number of ether oxygens (including phenoxy) is 1. The van der Waals surface area contributed by atoms with E-state index < -0.39 is 0 Å². The SMILES string of the molecule is COc1cccnc1Nc1cccc2cnccc12. The molecule has 0 unspecified atom stereocenters. The summed E-state index contributed by atoms with van der Waals surface area (Å²) in [5, 5.41) is 5.49. The van der Waals surface area contributed by atoms with Crippen LogP contribution < -0.4 is 10.1 Å². The number of nitrogens with one attached hydrogen (secondary N) is 1. The van der Waals surface area contributed by atoms with E-state index in [0.717, 1.165) is 16.5 Å². The predicted octanol–water partition coefficient (Wildman–Crippen LogP) is 3.38. The number of pyridine rings is 2. The van der Waals surface area contributed by atoms with E-state index >= 15 is 0 Å². The average Bonchev–Trinajstić information content (AvgIpc) is 2.48.